The smallest absolute Gasteiger partial charge is 0.333 e. The van der Waals surface area contributed by atoms with E-state index in [2.05, 4.69) is 16.9 Å². The second-order valence-electron chi connectivity index (χ2n) is 5.42. The van der Waals surface area contributed by atoms with Crippen LogP contribution in [0.4, 0.5) is 5.82 Å². The van der Waals surface area contributed by atoms with Gasteiger partial charge in [-0.05, 0) is 5.56 Å². The van der Waals surface area contributed by atoms with Crippen LogP contribution in [0.2, 0.25) is 0 Å². The summed E-state index contributed by atoms with van der Waals surface area (Å²) in [6.07, 6.45) is 1.61. The van der Waals surface area contributed by atoms with Gasteiger partial charge in [-0.1, -0.05) is 48.2 Å². The number of nitrogens with two attached hydrogens (primary N) is 1. The highest BCUT2D eigenvalue weighted by molar-refractivity contribution is 7.99. The summed E-state index contributed by atoms with van der Waals surface area (Å²) in [5.41, 5.74) is 5.94. The number of aromatic nitrogens is 2. The molecule has 142 valence electrons. The summed E-state index contributed by atoms with van der Waals surface area (Å²) in [5.74, 6) is -0.825. The number of nitrogen functional groups attached to an aromatic ring is 1. The van der Waals surface area contributed by atoms with Gasteiger partial charge in [0.05, 0.1) is 12.9 Å². The zero-order valence-corrected chi connectivity index (χ0v) is 15.6. The van der Waals surface area contributed by atoms with E-state index in [1.54, 1.807) is 41.0 Å². The topological polar surface area (TPSA) is 116 Å². The molecule has 0 spiro atoms. The summed E-state index contributed by atoms with van der Waals surface area (Å²) in [6.45, 7) is 3.98. The Balaban J connectivity index is 2.12. The van der Waals surface area contributed by atoms with E-state index in [9.17, 15) is 14.4 Å². The zero-order valence-electron chi connectivity index (χ0n) is 14.8. The molecule has 1 atom stereocenters. The Morgan fingerprint density at radius 2 is 2.11 bits per heavy atom. The first kappa shape index (κ1) is 20.2. The molecule has 1 aromatic carbocycles. The average Bonchev–Trinajstić information content (AvgIpc) is 2.66. The fraction of sp³-hybridized carbons (Fsp3) is 0.222. The maximum Gasteiger partial charge on any atom is 0.333 e. The summed E-state index contributed by atoms with van der Waals surface area (Å²) in [6, 6.07) is 9.05. The third kappa shape index (κ3) is 5.45. The number of rotatable bonds is 8. The molecule has 9 heteroatoms. The molecule has 0 radical (unpaired) electrons. The monoisotopic (exact) mass is 388 g/mol. The summed E-state index contributed by atoms with van der Waals surface area (Å²) < 4.78 is 6.34. The molecular weight excluding hydrogens is 368 g/mol. The lowest BCUT2D eigenvalue weighted by Crippen LogP contribution is -2.35. The standard InChI is InChI=1S/C18H20N4O4S/c1-3-9-22-13(19)10-14(23)21-18(22)27-11-15(24)20-16(17(25)26-2)12-7-5-4-6-8-12/h3-8,10,16H,1,9,11,19H2,2H3,(H,20,24)/t16-/m1/s1. The molecular formula is C18H20N4O4S. The van der Waals surface area contributed by atoms with Crippen LogP contribution in [0.5, 0.6) is 0 Å². The SMILES string of the molecule is C=CCn1c(N)cc(=O)nc1SCC(=O)N[C@@H](C(=O)OC)c1ccccc1. The normalized spacial score (nSPS) is 11.4. The van der Waals surface area contributed by atoms with Crippen molar-refractivity contribution in [3.8, 4) is 0 Å². The van der Waals surface area contributed by atoms with Gasteiger partial charge in [-0.2, -0.15) is 4.98 Å². The molecule has 0 saturated heterocycles. The molecule has 0 aliphatic heterocycles. The first-order chi connectivity index (χ1) is 13.0. The number of amides is 1. The van der Waals surface area contributed by atoms with Gasteiger partial charge in [0.15, 0.2) is 11.2 Å². The van der Waals surface area contributed by atoms with Gasteiger partial charge in [-0.25, -0.2) is 4.79 Å². The van der Waals surface area contributed by atoms with E-state index in [0.717, 1.165) is 11.8 Å². The van der Waals surface area contributed by atoms with Crippen molar-refractivity contribution in [2.24, 2.45) is 0 Å². The Morgan fingerprint density at radius 1 is 1.41 bits per heavy atom. The Labute approximate surface area is 160 Å². The van der Waals surface area contributed by atoms with Crippen molar-refractivity contribution in [1.82, 2.24) is 14.9 Å². The van der Waals surface area contributed by atoms with E-state index < -0.39 is 23.5 Å². The van der Waals surface area contributed by atoms with E-state index >= 15 is 0 Å². The highest BCUT2D eigenvalue weighted by Gasteiger charge is 2.23. The first-order valence-corrected chi connectivity index (χ1v) is 8.98. The maximum absolute atomic E-state index is 12.4. The number of carbonyl (C=O) groups excluding carboxylic acids is 2. The lowest BCUT2D eigenvalue weighted by Gasteiger charge is -2.17. The minimum atomic E-state index is -0.923. The number of allylic oxidation sites excluding steroid dienone is 1. The minimum absolute atomic E-state index is 0.0621. The fourth-order valence-corrected chi connectivity index (χ4v) is 3.13. The van der Waals surface area contributed by atoms with Crippen LogP contribution < -0.4 is 16.6 Å². The van der Waals surface area contributed by atoms with Crippen LogP contribution in [0.3, 0.4) is 0 Å². The maximum atomic E-state index is 12.4. The van der Waals surface area contributed by atoms with Crippen molar-refractivity contribution in [2.45, 2.75) is 17.7 Å². The van der Waals surface area contributed by atoms with Gasteiger partial charge in [0, 0.05) is 12.6 Å². The van der Waals surface area contributed by atoms with Gasteiger partial charge in [-0.15, -0.1) is 6.58 Å². The van der Waals surface area contributed by atoms with Crippen molar-refractivity contribution >= 4 is 29.5 Å². The summed E-state index contributed by atoms with van der Waals surface area (Å²) in [5, 5.41) is 2.93. The van der Waals surface area contributed by atoms with Crippen LogP contribution in [-0.2, 0) is 20.9 Å². The third-order valence-electron chi connectivity index (χ3n) is 3.54. The first-order valence-electron chi connectivity index (χ1n) is 7.99. The van der Waals surface area contributed by atoms with Crippen LogP contribution in [-0.4, -0.2) is 34.3 Å². The minimum Gasteiger partial charge on any atom is -0.467 e. The molecule has 3 N–H and O–H groups in total. The number of nitrogens with zero attached hydrogens (tertiary/aromatic N) is 2. The largest absolute Gasteiger partial charge is 0.467 e. The third-order valence-corrected chi connectivity index (χ3v) is 4.52. The molecule has 1 heterocycles. The van der Waals surface area contributed by atoms with E-state index in [1.807, 2.05) is 0 Å². The number of hydrogen-bond acceptors (Lipinski definition) is 7. The van der Waals surface area contributed by atoms with E-state index in [1.165, 1.54) is 13.2 Å². The molecule has 0 aliphatic rings. The number of esters is 1. The number of ether oxygens (including phenoxy) is 1. The molecule has 2 aromatic rings. The Bertz CT molecular complexity index is 883. The number of anilines is 1. The second-order valence-corrected chi connectivity index (χ2v) is 6.37. The zero-order chi connectivity index (χ0) is 19.8. The Morgan fingerprint density at radius 3 is 2.74 bits per heavy atom. The van der Waals surface area contributed by atoms with Crippen molar-refractivity contribution in [1.29, 1.82) is 0 Å². The molecule has 1 amide bonds. The second kappa shape index (κ2) is 9.58. The van der Waals surface area contributed by atoms with Gasteiger partial charge < -0.3 is 20.4 Å². The van der Waals surface area contributed by atoms with Crippen LogP contribution >= 0.6 is 11.8 Å². The number of hydrogen-bond donors (Lipinski definition) is 2. The summed E-state index contributed by atoms with van der Waals surface area (Å²) >= 11 is 1.04. The number of carbonyl (C=O) groups is 2. The lowest BCUT2D eigenvalue weighted by molar-refractivity contribution is -0.145. The van der Waals surface area contributed by atoms with Crippen LogP contribution in [0.1, 0.15) is 11.6 Å². The molecule has 0 bridgehead atoms. The molecule has 0 aliphatic carbocycles. The van der Waals surface area contributed by atoms with Crippen molar-refractivity contribution in [2.75, 3.05) is 18.6 Å². The molecule has 2 rings (SSSR count). The van der Waals surface area contributed by atoms with E-state index in [-0.39, 0.29) is 11.6 Å². The lowest BCUT2D eigenvalue weighted by atomic mass is 10.1. The van der Waals surface area contributed by atoms with E-state index in [4.69, 9.17) is 10.5 Å². The highest BCUT2D eigenvalue weighted by atomic mass is 32.2. The van der Waals surface area contributed by atoms with Gasteiger partial charge >= 0.3 is 5.97 Å². The molecule has 0 fully saturated rings. The van der Waals surface area contributed by atoms with Crippen molar-refractivity contribution in [3.63, 3.8) is 0 Å². The van der Waals surface area contributed by atoms with E-state index in [0.29, 0.717) is 17.3 Å². The van der Waals surface area contributed by atoms with Gasteiger partial charge in [-0.3, -0.25) is 9.59 Å². The molecule has 8 nitrogen and oxygen atoms in total. The average molecular weight is 388 g/mol. The number of nitrogens with one attached hydrogen (secondary N) is 1. The summed E-state index contributed by atoms with van der Waals surface area (Å²) in [7, 11) is 1.25. The fourth-order valence-electron chi connectivity index (χ4n) is 2.30. The summed E-state index contributed by atoms with van der Waals surface area (Å²) in [4.78, 5) is 39.9. The van der Waals surface area contributed by atoms with Gasteiger partial charge in [0.2, 0.25) is 5.91 Å². The van der Waals surface area contributed by atoms with Crippen LogP contribution in [0, 0.1) is 0 Å². The van der Waals surface area contributed by atoms with Crippen molar-refractivity contribution < 1.29 is 14.3 Å². The number of thioether (sulfide) groups is 1. The predicted molar refractivity (Wildman–Crippen MR) is 103 cm³/mol. The Hall–Kier alpha value is -3.07. The van der Waals surface area contributed by atoms with Crippen LogP contribution in [0.15, 0.2) is 59.0 Å². The van der Waals surface area contributed by atoms with Crippen molar-refractivity contribution in [3.05, 3.63) is 65.0 Å². The Kier molecular flexibility index (Phi) is 7.18. The van der Waals surface area contributed by atoms with Crippen LogP contribution in [0.25, 0.3) is 0 Å². The molecule has 1 aromatic heterocycles. The molecule has 0 unspecified atom stereocenters. The highest BCUT2D eigenvalue weighted by Crippen LogP contribution is 2.19. The number of benzene rings is 1. The predicted octanol–water partition coefficient (Wildman–Crippen LogP) is 1.13. The quantitative estimate of drug-likeness (QED) is 0.301. The number of methoxy groups -OCH3 is 1. The van der Waals surface area contributed by atoms with Gasteiger partial charge in [0.25, 0.3) is 5.56 Å². The van der Waals surface area contributed by atoms with Gasteiger partial charge in [0.1, 0.15) is 5.82 Å². The molecule has 0 saturated carbocycles. The molecule has 27 heavy (non-hydrogen) atoms.